The van der Waals surface area contributed by atoms with Crippen LogP contribution in [0.2, 0.25) is 10.0 Å². The Morgan fingerprint density at radius 2 is 1.67 bits per heavy atom. The SMILES string of the molecule is Clc1ccc(C2(Cn3ccnc3)OCC(COc3ccc(-n4ccnc4-c4ccccc4)cc3)O2)c(Cl)c1.O=[N+]([O-])O.O=[N+]([O-])O. The minimum absolute atomic E-state index is 0.303. The largest absolute Gasteiger partial charge is 0.491 e. The number of imidazole rings is 2. The van der Waals surface area contributed by atoms with E-state index in [2.05, 4.69) is 9.97 Å². The molecule has 3 heterocycles. The summed E-state index contributed by atoms with van der Waals surface area (Å²) in [6, 6.07) is 23.3. The Hall–Kier alpha value is -5.22. The summed E-state index contributed by atoms with van der Waals surface area (Å²) < 4.78 is 22.8. The Balaban J connectivity index is 0.000000541. The van der Waals surface area contributed by atoms with E-state index in [-0.39, 0.29) is 6.10 Å². The predicted octanol–water partition coefficient (Wildman–Crippen LogP) is 5.69. The third-order valence-corrected chi connectivity index (χ3v) is 6.92. The summed E-state index contributed by atoms with van der Waals surface area (Å²) in [6.07, 6.45) is 8.73. The van der Waals surface area contributed by atoms with E-state index in [0.29, 0.717) is 35.4 Å². The zero-order chi connectivity index (χ0) is 33.1. The first kappa shape index (κ1) is 33.7. The van der Waals surface area contributed by atoms with Crippen molar-refractivity contribution in [2.24, 2.45) is 0 Å². The molecule has 5 aromatic rings. The van der Waals surface area contributed by atoms with Crippen molar-refractivity contribution >= 4 is 23.2 Å². The molecule has 6 rings (SSSR count). The van der Waals surface area contributed by atoms with Crippen molar-refractivity contribution in [3.63, 3.8) is 0 Å². The van der Waals surface area contributed by atoms with Gasteiger partial charge in [0.2, 0.25) is 5.79 Å². The molecule has 15 nitrogen and oxygen atoms in total. The maximum absolute atomic E-state index is 8.36. The van der Waals surface area contributed by atoms with Gasteiger partial charge in [-0.25, -0.2) is 9.97 Å². The number of rotatable bonds is 8. The molecule has 2 N–H and O–H groups in total. The van der Waals surface area contributed by atoms with Gasteiger partial charge in [0.05, 0.1) is 24.5 Å². The maximum Gasteiger partial charge on any atom is 0.291 e. The summed E-state index contributed by atoms with van der Waals surface area (Å²) in [5.41, 5.74) is 2.75. The van der Waals surface area contributed by atoms with Gasteiger partial charge in [-0.05, 0) is 36.4 Å². The Kier molecular flexibility index (Phi) is 11.5. The fraction of sp³-hybridized carbons (Fsp3) is 0.172. The van der Waals surface area contributed by atoms with E-state index in [9.17, 15) is 0 Å². The Bertz CT molecular complexity index is 1700. The molecule has 0 aliphatic carbocycles. The Labute approximate surface area is 271 Å². The van der Waals surface area contributed by atoms with Crippen LogP contribution < -0.4 is 4.74 Å². The summed E-state index contributed by atoms with van der Waals surface area (Å²) >= 11 is 12.7. The van der Waals surface area contributed by atoms with E-state index in [1.165, 1.54) is 0 Å². The fourth-order valence-corrected chi connectivity index (χ4v) is 5.13. The minimum Gasteiger partial charge on any atom is -0.491 e. The Morgan fingerprint density at radius 1 is 0.978 bits per heavy atom. The van der Waals surface area contributed by atoms with Crippen molar-refractivity contribution in [2.75, 3.05) is 13.2 Å². The molecular formula is C29H26Cl2N6O9. The third-order valence-electron chi connectivity index (χ3n) is 6.37. The molecule has 1 aliphatic rings. The second kappa shape index (κ2) is 15.7. The van der Waals surface area contributed by atoms with Crippen LogP contribution in [0.1, 0.15) is 5.56 Å². The highest BCUT2D eigenvalue weighted by Gasteiger charge is 2.45. The van der Waals surface area contributed by atoms with Crippen LogP contribution in [0.15, 0.2) is 104 Å². The van der Waals surface area contributed by atoms with Gasteiger partial charge in [0.1, 0.15) is 24.3 Å². The molecule has 46 heavy (non-hydrogen) atoms. The highest BCUT2D eigenvalue weighted by atomic mass is 35.5. The molecule has 17 heteroatoms. The second-order valence-electron chi connectivity index (χ2n) is 9.43. The fourth-order valence-electron chi connectivity index (χ4n) is 4.58. The molecule has 2 aromatic heterocycles. The number of ether oxygens (including phenoxy) is 3. The average Bonchev–Trinajstić information content (AvgIpc) is 3.79. The van der Waals surface area contributed by atoms with E-state index < -0.39 is 16.0 Å². The van der Waals surface area contributed by atoms with Gasteiger partial charge in [0, 0.05) is 46.6 Å². The van der Waals surface area contributed by atoms with Gasteiger partial charge in [-0.15, -0.1) is 20.2 Å². The maximum atomic E-state index is 8.36. The molecule has 2 atom stereocenters. The van der Waals surface area contributed by atoms with Crippen molar-refractivity contribution in [3.05, 3.63) is 140 Å². The standard InChI is InChI=1S/C29H24Cl2N4O3.2HNO3/c30-22-6-11-26(27(31)16-22)29(19-34-14-12-32-20-34)37-18-25(38-29)17-36-24-9-7-23(8-10-24)35-15-13-33-28(35)21-4-2-1-3-5-21;2*2-1(3)4/h1-16,20,25H,17-19H2;2*(H,2,3,4). The zero-order valence-corrected chi connectivity index (χ0v) is 25.2. The molecule has 0 saturated carbocycles. The van der Waals surface area contributed by atoms with Crippen LogP contribution in [0, 0.1) is 20.2 Å². The lowest BCUT2D eigenvalue weighted by molar-refractivity contribution is -0.742. The van der Waals surface area contributed by atoms with Crippen molar-refractivity contribution in [1.82, 2.24) is 19.1 Å². The van der Waals surface area contributed by atoms with Gasteiger partial charge < -0.3 is 29.2 Å². The van der Waals surface area contributed by atoms with Gasteiger partial charge in [0.15, 0.2) is 0 Å². The van der Waals surface area contributed by atoms with Gasteiger partial charge in [-0.1, -0.05) is 59.6 Å². The third kappa shape index (κ3) is 9.15. The van der Waals surface area contributed by atoms with Crippen molar-refractivity contribution < 1.29 is 34.8 Å². The van der Waals surface area contributed by atoms with Gasteiger partial charge in [-0.3, -0.25) is 4.57 Å². The topological polar surface area (TPSA) is 190 Å². The first-order valence-corrected chi connectivity index (χ1v) is 14.0. The van der Waals surface area contributed by atoms with Gasteiger partial charge in [0.25, 0.3) is 10.2 Å². The van der Waals surface area contributed by atoms with Gasteiger partial charge >= 0.3 is 0 Å². The van der Waals surface area contributed by atoms with Crippen LogP contribution in [0.5, 0.6) is 5.75 Å². The number of hydrogen-bond donors (Lipinski definition) is 2. The number of aromatic nitrogens is 4. The summed E-state index contributed by atoms with van der Waals surface area (Å²) in [5.74, 6) is 0.524. The van der Waals surface area contributed by atoms with E-state index >= 15 is 0 Å². The van der Waals surface area contributed by atoms with Gasteiger partial charge in [-0.2, -0.15) is 0 Å². The van der Waals surface area contributed by atoms with Crippen LogP contribution >= 0.6 is 23.2 Å². The molecule has 0 radical (unpaired) electrons. The second-order valence-corrected chi connectivity index (χ2v) is 10.3. The quantitative estimate of drug-likeness (QED) is 0.152. The molecule has 1 fully saturated rings. The molecular weight excluding hydrogens is 647 g/mol. The molecule has 3 aromatic carbocycles. The normalized spacial score (nSPS) is 16.8. The lowest BCUT2D eigenvalue weighted by atomic mass is 10.1. The highest BCUT2D eigenvalue weighted by molar-refractivity contribution is 6.35. The molecule has 0 amide bonds. The van der Waals surface area contributed by atoms with E-state index in [1.54, 1.807) is 30.9 Å². The summed E-state index contributed by atoms with van der Waals surface area (Å²) in [4.78, 5) is 25.4. The molecule has 0 bridgehead atoms. The predicted molar refractivity (Wildman–Crippen MR) is 163 cm³/mol. The van der Waals surface area contributed by atoms with Crippen LogP contribution in [0.25, 0.3) is 17.1 Å². The van der Waals surface area contributed by atoms with E-state index in [4.69, 9.17) is 68.1 Å². The number of halogens is 2. The number of benzene rings is 3. The lowest BCUT2D eigenvalue weighted by Gasteiger charge is -2.30. The first-order chi connectivity index (χ1) is 22.1. The molecule has 1 aliphatic heterocycles. The lowest BCUT2D eigenvalue weighted by Crippen LogP contribution is -2.34. The monoisotopic (exact) mass is 672 g/mol. The highest BCUT2D eigenvalue weighted by Crippen LogP contribution is 2.40. The molecule has 2 unspecified atom stereocenters. The first-order valence-electron chi connectivity index (χ1n) is 13.3. The van der Waals surface area contributed by atoms with E-state index in [1.807, 2.05) is 82.2 Å². The van der Waals surface area contributed by atoms with Crippen LogP contribution in [0.4, 0.5) is 0 Å². The average molecular weight is 673 g/mol. The van der Waals surface area contributed by atoms with Crippen LogP contribution in [-0.2, 0) is 21.8 Å². The van der Waals surface area contributed by atoms with Crippen molar-refractivity contribution in [2.45, 2.75) is 18.4 Å². The molecule has 1 saturated heterocycles. The van der Waals surface area contributed by atoms with Crippen molar-refractivity contribution in [3.8, 4) is 22.8 Å². The van der Waals surface area contributed by atoms with Crippen LogP contribution in [-0.4, -0.2) is 59.0 Å². The van der Waals surface area contributed by atoms with E-state index in [0.717, 1.165) is 22.8 Å². The zero-order valence-electron chi connectivity index (χ0n) is 23.7. The summed E-state index contributed by atoms with van der Waals surface area (Å²) in [6.45, 7) is 1.05. The molecule has 0 spiro atoms. The smallest absolute Gasteiger partial charge is 0.291 e. The minimum atomic E-state index is -1.50. The number of hydrogen-bond acceptors (Lipinski definition) is 9. The van der Waals surface area contributed by atoms with Crippen molar-refractivity contribution in [1.29, 1.82) is 0 Å². The summed E-state index contributed by atoms with van der Waals surface area (Å²) in [7, 11) is 0. The number of nitrogens with zero attached hydrogens (tertiary/aromatic N) is 6. The summed E-state index contributed by atoms with van der Waals surface area (Å²) in [5, 5.41) is 28.3. The van der Waals surface area contributed by atoms with Crippen LogP contribution in [0.3, 0.4) is 0 Å². The molecule has 240 valence electrons. The Morgan fingerprint density at radius 3 is 2.30 bits per heavy atom.